The lowest BCUT2D eigenvalue weighted by molar-refractivity contribution is 0.102. The normalized spacial score (nSPS) is 10.9. The Morgan fingerprint density at radius 3 is 2.82 bits per heavy atom. The number of aryl methyl sites for hydroxylation is 3. The van der Waals surface area contributed by atoms with E-state index >= 15 is 0 Å². The minimum absolute atomic E-state index is 0.308. The Bertz CT molecular complexity index is 885. The van der Waals surface area contributed by atoms with Gasteiger partial charge in [0.25, 0.3) is 5.91 Å². The Kier molecular flexibility index (Phi) is 3.36. The second-order valence-electron chi connectivity index (χ2n) is 5.22. The summed E-state index contributed by atoms with van der Waals surface area (Å²) in [7, 11) is 1.82. The van der Waals surface area contributed by atoms with Crippen LogP contribution in [-0.4, -0.2) is 20.7 Å². The molecule has 6 heteroatoms. The molecule has 1 aromatic carbocycles. The molecule has 0 saturated heterocycles. The largest absolute Gasteiger partial charge is 0.321 e. The highest BCUT2D eigenvalue weighted by Gasteiger charge is 2.12. The summed E-state index contributed by atoms with van der Waals surface area (Å²) in [5, 5.41) is 7.91. The average molecular weight is 298 g/mol. The van der Waals surface area contributed by atoms with E-state index in [9.17, 15) is 9.18 Å². The monoisotopic (exact) mass is 298 g/mol. The molecule has 0 aliphatic rings. The van der Waals surface area contributed by atoms with Crippen LogP contribution in [0.3, 0.4) is 0 Å². The fourth-order valence-corrected chi connectivity index (χ4v) is 2.41. The average Bonchev–Trinajstić information content (AvgIpc) is 2.76. The molecule has 2 heterocycles. The maximum absolute atomic E-state index is 13.3. The van der Waals surface area contributed by atoms with Gasteiger partial charge in [-0.1, -0.05) is 6.07 Å². The molecule has 0 saturated carbocycles. The Balaban J connectivity index is 1.94. The second kappa shape index (κ2) is 5.22. The van der Waals surface area contributed by atoms with Crippen molar-refractivity contribution in [2.75, 3.05) is 5.32 Å². The second-order valence-corrected chi connectivity index (χ2v) is 5.22. The summed E-state index contributed by atoms with van der Waals surface area (Å²) in [5.41, 5.74) is 3.16. The van der Waals surface area contributed by atoms with Crippen molar-refractivity contribution in [2.24, 2.45) is 7.05 Å². The van der Waals surface area contributed by atoms with Gasteiger partial charge in [-0.05, 0) is 37.6 Å². The Labute approximate surface area is 126 Å². The Hall–Kier alpha value is -2.76. The molecule has 3 aromatic rings. The summed E-state index contributed by atoms with van der Waals surface area (Å²) >= 11 is 0. The summed E-state index contributed by atoms with van der Waals surface area (Å²) in [6.07, 6.45) is 1.57. The van der Waals surface area contributed by atoms with E-state index in [1.807, 2.05) is 20.0 Å². The van der Waals surface area contributed by atoms with Crippen molar-refractivity contribution in [2.45, 2.75) is 13.8 Å². The highest BCUT2D eigenvalue weighted by Crippen LogP contribution is 2.20. The van der Waals surface area contributed by atoms with Gasteiger partial charge in [0, 0.05) is 18.0 Å². The van der Waals surface area contributed by atoms with Crippen molar-refractivity contribution >= 4 is 22.6 Å². The lowest BCUT2D eigenvalue weighted by atomic mass is 10.1. The molecule has 112 valence electrons. The molecule has 0 aliphatic heterocycles. The number of nitrogens with one attached hydrogen (secondary N) is 1. The quantitative estimate of drug-likeness (QED) is 0.791. The summed E-state index contributed by atoms with van der Waals surface area (Å²) in [4.78, 5) is 16.6. The molecule has 5 nitrogen and oxygen atoms in total. The first kappa shape index (κ1) is 14.2. The summed E-state index contributed by atoms with van der Waals surface area (Å²) < 4.78 is 15.0. The fourth-order valence-electron chi connectivity index (χ4n) is 2.41. The maximum atomic E-state index is 13.3. The number of hydrogen-bond donors (Lipinski definition) is 1. The van der Waals surface area contributed by atoms with Crippen LogP contribution >= 0.6 is 0 Å². The van der Waals surface area contributed by atoms with Gasteiger partial charge < -0.3 is 5.32 Å². The van der Waals surface area contributed by atoms with Crippen LogP contribution in [0, 0.1) is 19.7 Å². The van der Waals surface area contributed by atoms with Crippen LogP contribution in [-0.2, 0) is 7.05 Å². The van der Waals surface area contributed by atoms with Crippen LogP contribution in [0.5, 0.6) is 0 Å². The van der Waals surface area contributed by atoms with Gasteiger partial charge >= 0.3 is 0 Å². The first-order chi connectivity index (χ1) is 10.5. The van der Waals surface area contributed by atoms with E-state index < -0.39 is 5.82 Å². The number of amides is 1. The van der Waals surface area contributed by atoms with Crippen LogP contribution in [0.4, 0.5) is 10.1 Å². The highest BCUT2D eigenvalue weighted by atomic mass is 19.1. The van der Waals surface area contributed by atoms with Gasteiger partial charge in [-0.25, -0.2) is 9.37 Å². The smallest absolute Gasteiger partial charge is 0.256 e. The third-order valence-electron chi connectivity index (χ3n) is 3.57. The van der Waals surface area contributed by atoms with Crippen LogP contribution in [0.15, 0.2) is 30.5 Å². The Morgan fingerprint density at radius 2 is 2.05 bits per heavy atom. The summed E-state index contributed by atoms with van der Waals surface area (Å²) in [6, 6.07) is 5.96. The first-order valence-electron chi connectivity index (χ1n) is 6.82. The number of benzene rings is 1. The molecule has 0 unspecified atom stereocenters. The molecule has 1 amide bonds. The number of nitrogens with zero attached hydrogens (tertiary/aromatic N) is 3. The Morgan fingerprint density at radius 1 is 1.27 bits per heavy atom. The number of rotatable bonds is 2. The number of aromatic nitrogens is 3. The van der Waals surface area contributed by atoms with Crippen LogP contribution in [0.2, 0.25) is 0 Å². The maximum Gasteiger partial charge on any atom is 0.256 e. The van der Waals surface area contributed by atoms with Crippen LogP contribution < -0.4 is 5.32 Å². The molecular formula is C16H15FN4O. The number of fused-ring (bicyclic) bond motifs is 1. The zero-order valence-corrected chi connectivity index (χ0v) is 12.5. The number of pyridine rings is 1. The van der Waals surface area contributed by atoms with Crippen molar-refractivity contribution < 1.29 is 9.18 Å². The predicted octanol–water partition coefficient (Wildman–Crippen LogP) is 2.98. The van der Waals surface area contributed by atoms with E-state index in [0.717, 1.165) is 16.7 Å². The predicted molar refractivity (Wildman–Crippen MR) is 82.3 cm³/mol. The number of carbonyl (C=O) groups is 1. The highest BCUT2D eigenvalue weighted by molar-refractivity contribution is 6.05. The van der Waals surface area contributed by atoms with Gasteiger partial charge in [-0.15, -0.1) is 0 Å². The number of halogens is 1. The summed E-state index contributed by atoms with van der Waals surface area (Å²) in [5.74, 6) is -0.799. The minimum atomic E-state index is -0.438. The molecular weight excluding hydrogens is 283 g/mol. The van der Waals surface area contributed by atoms with E-state index in [0.29, 0.717) is 16.8 Å². The van der Waals surface area contributed by atoms with Gasteiger partial charge in [-0.2, -0.15) is 5.10 Å². The third kappa shape index (κ3) is 2.43. The lowest BCUT2D eigenvalue weighted by Crippen LogP contribution is -2.14. The zero-order valence-electron chi connectivity index (χ0n) is 12.5. The topological polar surface area (TPSA) is 59.8 Å². The van der Waals surface area contributed by atoms with Crippen molar-refractivity contribution in [3.8, 4) is 0 Å². The van der Waals surface area contributed by atoms with E-state index in [-0.39, 0.29) is 5.91 Å². The molecule has 0 radical (unpaired) electrons. The van der Waals surface area contributed by atoms with Crippen molar-refractivity contribution in [1.82, 2.24) is 14.8 Å². The first-order valence-corrected chi connectivity index (χ1v) is 6.82. The number of anilines is 1. The third-order valence-corrected chi connectivity index (χ3v) is 3.57. The van der Waals surface area contributed by atoms with Crippen molar-refractivity contribution in [3.63, 3.8) is 0 Å². The fraction of sp³-hybridized carbons (Fsp3) is 0.188. The molecule has 1 N–H and O–H groups in total. The molecule has 22 heavy (non-hydrogen) atoms. The van der Waals surface area contributed by atoms with E-state index in [1.54, 1.807) is 23.9 Å². The molecule has 3 rings (SSSR count). The summed E-state index contributed by atoms with van der Waals surface area (Å²) in [6.45, 7) is 3.65. The van der Waals surface area contributed by atoms with Gasteiger partial charge in [0.15, 0.2) is 5.65 Å². The number of carbonyl (C=O) groups excluding carboxylic acids is 1. The van der Waals surface area contributed by atoms with Gasteiger partial charge in [-0.3, -0.25) is 9.48 Å². The zero-order chi connectivity index (χ0) is 15.9. The standard InChI is InChI=1S/C16H15FN4O/c1-9-4-5-11(17)6-13(9)16(22)19-12-7-14-10(2)20-21(3)15(14)18-8-12/h4-8H,1-3H3,(H,19,22). The van der Waals surface area contributed by atoms with Crippen molar-refractivity contribution in [3.05, 3.63) is 53.1 Å². The molecule has 0 atom stereocenters. The van der Waals surface area contributed by atoms with Gasteiger partial charge in [0.2, 0.25) is 0 Å². The number of hydrogen-bond acceptors (Lipinski definition) is 3. The van der Waals surface area contributed by atoms with E-state index in [4.69, 9.17) is 0 Å². The van der Waals surface area contributed by atoms with Crippen LogP contribution in [0.1, 0.15) is 21.6 Å². The van der Waals surface area contributed by atoms with E-state index in [2.05, 4.69) is 15.4 Å². The lowest BCUT2D eigenvalue weighted by Gasteiger charge is -2.08. The van der Waals surface area contributed by atoms with E-state index in [1.165, 1.54) is 12.1 Å². The molecule has 0 spiro atoms. The SMILES string of the molecule is Cc1ccc(F)cc1C(=O)Nc1cnc2c(c1)c(C)nn2C. The van der Waals surface area contributed by atoms with Crippen molar-refractivity contribution in [1.29, 1.82) is 0 Å². The minimum Gasteiger partial charge on any atom is -0.321 e. The molecule has 0 bridgehead atoms. The molecule has 0 aliphatic carbocycles. The molecule has 0 fully saturated rings. The van der Waals surface area contributed by atoms with Crippen LogP contribution in [0.25, 0.3) is 11.0 Å². The van der Waals surface area contributed by atoms with Gasteiger partial charge in [0.1, 0.15) is 5.82 Å². The molecule has 2 aromatic heterocycles. The van der Waals surface area contributed by atoms with Gasteiger partial charge in [0.05, 0.1) is 17.6 Å².